The summed E-state index contributed by atoms with van der Waals surface area (Å²) in [6, 6.07) is 0.404. The van der Waals surface area contributed by atoms with Gasteiger partial charge in [-0.1, -0.05) is 31.9 Å². The van der Waals surface area contributed by atoms with Gasteiger partial charge in [0.1, 0.15) is 0 Å². The average Bonchev–Trinajstić information content (AvgIpc) is 2.65. The quantitative estimate of drug-likeness (QED) is 0.763. The van der Waals surface area contributed by atoms with Crippen LogP contribution in [-0.4, -0.2) is 34.7 Å². The van der Waals surface area contributed by atoms with Gasteiger partial charge in [-0.3, -0.25) is 4.90 Å². The number of hydrogen-bond acceptors (Lipinski definition) is 2. The van der Waals surface area contributed by atoms with E-state index in [0.717, 1.165) is 13.0 Å². The van der Waals surface area contributed by atoms with Crippen molar-refractivity contribution >= 4 is 0 Å². The third-order valence-corrected chi connectivity index (χ3v) is 4.34. The van der Waals surface area contributed by atoms with E-state index < -0.39 is 5.60 Å². The molecule has 0 aromatic rings. The Hall–Kier alpha value is -0.340. The lowest BCUT2D eigenvalue weighted by Crippen LogP contribution is -2.52. The predicted molar refractivity (Wildman–Crippen MR) is 72.0 cm³/mol. The summed E-state index contributed by atoms with van der Waals surface area (Å²) < 4.78 is 0. The molecule has 2 fully saturated rings. The Balaban J connectivity index is 2.06. The summed E-state index contributed by atoms with van der Waals surface area (Å²) in [5, 5.41) is 10.6. The van der Waals surface area contributed by atoms with E-state index in [1.54, 1.807) is 0 Å². The second kappa shape index (κ2) is 5.11. The lowest BCUT2D eigenvalue weighted by molar-refractivity contribution is -0.0330. The molecule has 0 aromatic heterocycles. The minimum Gasteiger partial charge on any atom is -0.388 e. The molecule has 0 amide bonds. The normalized spacial score (nSPS) is 38.4. The lowest BCUT2D eigenvalue weighted by Gasteiger charge is -2.43. The molecule has 2 aliphatic rings. The first kappa shape index (κ1) is 13.1. The Bertz CT molecular complexity index is 295. The number of fused-ring (bicyclic) bond motifs is 1. The van der Waals surface area contributed by atoms with E-state index in [2.05, 4.69) is 24.8 Å². The number of piperidine rings is 1. The smallest absolute Gasteiger partial charge is 0.0811 e. The first-order valence-electron chi connectivity index (χ1n) is 7.19. The molecule has 0 spiro atoms. The van der Waals surface area contributed by atoms with Crippen molar-refractivity contribution in [2.24, 2.45) is 5.92 Å². The van der Waals surface area contributed by atoms with Gasteiger partial charge in [-0.25, -0.2) is 0 Å². The van der Waals surface area contributed by atoms with Crippen molar-refractivity contribution in [2.45, 2.75) is 64.5 Å². The molecule has 98 valence electrons. The third-order valence-electron chi connectivity index (χ3n) is 4.34. The summed E-state index contributed by atoms with van der Waals surface area (Å²) in [5.74, 6) is 0.657. The monoisotopic (exact) mass is 237 g/mol. The topological polar surface area (TPSA) is 23.5 Å². The van der Waals surface area contributed by atoms with Gasteiger partial charge < -0.3 is 5.11 Å². The predicted octanol–water partition coefficient (Wildman–Crippen LogP) is 2.97. The zero-order valence-corrected chi connectivity index (χ0v) is 11.6. The van der Waals surface area contributed by atoms with Gasteiger partial charge in [0.2, 0.25) is 0 Å². The van der Waals surface area contributed by atoms with Crippen molar-refractivity contribution in [1.29, 1.82) is 0 Å². The fraction of sp³-hybridized carbons (Fsp3) is 0.867. The molecule has 0 radical (unpaired) electrons. The van der Waals surface area contributed by atoms with Crippen LogP contribution in [0.25, 0.3) is 0 Å². The molecular weight excluding hydrogens is 210 g/mol. The maximum Gasteiger partial charge on any atom is 0.0811 e. The van der Waals surface area contributed by atoms with Gasteiger partial charge in [0.05, 0.1) is 5.60 Å². The van der Waals surface area contributed by atoms with E-state index in [9.17, 15) is 5.11 Å². The largest absolute Gasteiger partial charge is 0.388 e. The summed E-state index contributed by atoms with van der Waals surface area (Å²) in [5.41, 5.74) is 0.945. The molecule has 2 rings (SSSR count). The molecule has 2 heterocycles. The minimum absolute atomic E-state index is 0.404. The van der Waals surface area contributed by atoms with Gasteiger partial charge in [0.15, 0.2) is 0 Å². The van der Waals surface area contributed by atoms with E-state index in [0.29, 0.717) is 12.0 Å². The highest BCUT2D eigenvalue weighted by Crippen LogP contribution is 2.37. The number of aliphatic hydroxyl groups is 1. The first-order valence-corrected chi connectivity index (χ1v) is 7.19. The summed E-state index contributed by atoms with van der Waals surface area (Å²) in [4.78, 5) is 2.48. The number of hydrogen-bond donors (Lipinski definition) is 1. The van der Waals surface area contributed by atoms with Crippen LogP contribution in [0, 0.1) is 5.92 Å². The molecule has 2 saturated heterocycles. The molecule has 1 N–H and O–H groups in total. The van der Waals surface area contributed by atoms with Crippen LogP contribution in [0.5, 0.6) is 0 Å². The van der Waals surface area contributed by atoms with Gasteiger partial charge in [0, 0.05) is 12.6 Å². The standard InChI is InChI=1S/C15H27NO/c1-4-6-12(2)9-13-10-15(3,17)14-7-5-8-16(14)11-13/h9,12,14,17H,4-8,10-11H2,1-3H3/t12-,14+,15+/m1/s1. The molecule has 2 nitrogen and oxygen atoms in total. The first-order chi connectivity index (χ1) is 8.03. The van der Waals surface area contributed by atoms with Gasteiger partial charge in [-0.05, 0) is 45.1 Å². The summed E-state index contributed by atoms with van der Waals surface area (Å²) in [6.45, 7) is 8.81. The highest BCUT2D eigenvalue weighted by molar-refractivity contribution is 5.17. The SMILES string of the molecule is CCC[C@@H](C)C=C1CN2CCC[C@H]2[C@@](C)(O)C1. The van der Waals surface area contributed by atoms with Crippen molar-refractivity contribution in [3.8, 4) is 0 Å². The van der Waals surface area contributed by atoms with E-state index in [-0.39, 0.29) is 0 Å². The maximum atomic E-state index is 10.6. The summed E-state index contributed by atoms with van der Waals surface area (Å²) >= 11 is 0. The molecule has 17 heavy (non-hydrogen) atoms. The van der Waals surface area contributed by atoms with Crippen LogP contribution < -0.4 is 0 Å². The molecule has 0 bridgehead atoms. The number of nitrogens with zero attached hydrogens (tertiary/aromatic N) is 1. The van der Waals surface area contributed by atoms with Gasteiger partial charge in [-0.2, -0.15) is 0 Å². The van der Waals surface area contributed by atoms with Gasteiger partial charge >= 0.3 is 0 Å². The van der Waals surface area contributed by atoms with Crippen molar-refractivity contribution in [2.75, 3.05) is 13.1 Å². The zero-order valence-electron chi connectivity index (χ0n) is 11.6. The summed E-state index contributed by atoms with van der Waals surface area (Å²) in [7, 11) is 0. The third kappa shape index (κ3) is 2.92. The van der Waals surface area contributed by atoms with E-state index in [1.807, 2.05) is 6.92 Å². The van der Waals surface area contributed by atoms with Gasteiger partial charge in [-0.15, -0.1) is 0 Å². The Kier molecular flexibility index (Phi) is 3.94. The van der Waals surface area contributed by atoms with E-state index in [1.165, 1.54) is 37.8 Å². The Morgan fingerprint density at radius 1 is 1.59 bits per heavy atom. The second-order valence-electron chi connectivity index (χ2n) is 6.25. The molecule has 2 heteroatoms. The van der Waals surface area contributed by atoms with Crippen LogP contribution in [0.2, 0.25) is 0 Å². The van der Waals surface area contributed by atoms with Crippen molar-refractivity contribution in [3.05, 3.63) is 11.6 Å². The van der Waals surface area contributed by atoms with Crippen molar-refractivity contribution in [3.63, 3.8) is 0 Å². The Morgan fingerprint density at radius 2 is 2.35 bits per heavy atom. The molecule has 3 atom stereocenters. The molecular formula is C15H27NO. The number of allylic oxidation sites excluding steroid dienone is 1. The van der Waals surface area contributed by atoms with Crippen LogP contribution in [0.1, 0.15) is 52.9 Å². The molecule has 2 aliphatic heterocycles. The number of rotatable bonds is 3. The highest BCUT2D eigenvalue weighted by Gasteiger charge is 2.43. The van der Waals surface area contributed by atoms with Crippen LogP contribution in [-0.2, 0) is 0 Å². The molecule has 0 aliphatic carbocycles. The Morgan fingerprint density at radius 3 is 3.06 bits per heavy atom. The van der Waals surface area contributed by atoms with Crippen LogP contribution in [0.4, 0.5) is 0 Å². The fourth-order valence-corrected chi connectivity index (χ4v) is 3.67. The van der Waals surface area contributed by atoms with E-state index >= 15 is 0 Å². The second-order valence-corrected chi connectivity index (χ2v) is 6.25. The molecule has 0 aromatic carbocycles. The highest BCUT2D eigenvalue weighted by atomic mass is 16.3. The minimum atomic E-state index is -0.507. The zero-order chi connectivity index (χ0) is 12.5. The fourth-order valence-electron chi connectivity index (χ4n) is 3.67. The van der Waals surface area contributed by atoms with Crippen LogP contribution >= 0.6 is 0 Å². The summed E-state index contributed by atoms with van der Waals surface area (Å²) in [6.07, 6.45) is 8.21. The van der Waals surface area contributed by atoms with E-state index in [4.69, 9.17) is 0 Å². The van der Waals surface area contributed by atoms with Crippen molar-refractivity contribution < 1.29 is 5.11 Å². The van der Waals surface area contributed by atoms with Gasteiger partial charge in [0.25, 0.3) is 0 Å². The molecule has 0 unspecified atom stereocenters. The molecule has 0 saturated carbocycles. The lowest BCUT2D eigenvalue weighted by atomic mass is 9.82. The van der Waals surface area contributed by atoms with Crippen LogP contribution in [0.15, 0.2) is 11.6 Å². The average molecular weight is 237 g/mol. The van der Waals surface area contributed by atoms with Crippen LogP contribution in [0.3, 0.4) is 0 Å². The maximum absolute atomic E-state index is 10.6. The Labute approximate surface area is 106 Å². The van der Waals surface area contributed by atoms with Crippen molar-refractivity contribution in [1.82, 2.24) is 4.90 Å².